The highest BCUT2D eigenvalue weighted by atomic mass is 32.2. The van der Waals surface area contributed by atoms with Crippen molar-refractivity contribution in [3.8, 4) is 0 Å². The molecule has 8 heteroatoms. The average molecular weight is 339 g/mol. The van der Waals surface area contributed by atoms with Gasteiger partial charge in [0.1, 0.15) is 6.54 Å². The largest absolute Gasteiger partial charge is 0.344 e. The Morgan fingerprint density at radius 3 is 2.64 bits per heavy atom. The Labute approximate surface area is 137 Å². The molecule has 1 aromatic rings. The van der Waals surface area contributed by atoms with Gasteiger partial charge < -0.3 is 5.73 Å². The Kier molecular flexibility index (Phi) is 5.87. The lowest BCUT2D eigenvalue weighted by molar-refractivity contribution is -0.139. The first-order chi connectivity index (χ1) is 10.5. The molecule has 1 heterocycles. The predicted octanol–water partition coefficient (Wildman–Crippen LogP) is 1.56. The predicted molar refractivity (Wildman–Crippen MR) is 87.2 cm³/mol. The summed E-state index contributed by atoms with van der Waals surface area (Å²) in [5.74, 6) is -0.454. The van der Waals surface area contributed by atoms with Crippen LogP contribution in [0.3, 0.4) is 0 Å². The summed E-state index contributed by atoms with van der Waals surface area (Å²) in [7, 11) is 0. The van der Waals surface area contributed by atoms with E-state index < -0.39 is 23.9 Å². The van der Waals surface area contributed by atoms with E-state index in [-0.39, 0.29) is 6.54 Å². The van der Waals surface area contributed by atoms with Gasteiger partial charge in [-0.15, -0.1) is 0 Å². The van der Waals surface area contributed by atoms with Crippen LogP contribution in [0, 0.1) is 0 Å². The van der Waals surface area contributed by atoms with Gasteiger partial charge in [-0.25, -0.2) is 4.79 Å². The van der Waals surface area contributed by atoms with Crippen LogP contribution in [0.5, 0.6) is 0 Å². The summed E-state index contributed by atoms with van der Waals surface area (Å²) in [6.45, 7) is -0.126. The van der Waals surface area contributed by atoms with E-state index in [2.05, 4.69) is 0 Å². The zero-order valence-corrected chi connectivity index (χ0v) is 13.7. The second-order valence-electron chi connectivity index (χ2n) is 4.68. The summed E-state index contributed by atoms with van der Waals surface area (Å²) in [6, 6.07) is 7.75. The van der Waals surface area contributed by atoms with Gasteiger partial charge in [-0.3, -0.25) is 13.9 Å². The standard InChI is InChI=1S/C14H17N3O3S2/c1-21-8-7-11(15)13(19)17-12(18)9-16(14(17)20)22-10-5-3-2-4-6-10/h2-6,11H,7-9,15H2,1H3. The molecule has 0 bridgehead atoms. The van der Waals surface area contributed by atoms with E-state index in [0.717, 1.165) is 16.8 Å². The van der Waals surface area contributed by atoms with Crippen molar-refractivity contribution in [1.82, 2.24) is 9.21 Å². The van der Waals surface area contributed by atoms with Gasteiger partial charge in [-0.05, 0) is 42.5 Å². The highest BCUT2D eigenvalue weighted by Gasteiger charge is 2.42. The maximum absolute atomic E-state index is 12.3. The molecule has 1 atom stereocenters. The highest BCUT2D eigenvalue weighted by Crippen LogP contribution is 2.27. The van der Waals surface area contributed by atoms with Gasteiger partial charge >= 0.3 is 6.03 Å². The SMILES string of the molecule is CSCCC(N)C(=O)N1C(=O)CN(Sc2ccccc2)C1=O. The van der Waals surface area contributed by atoms with Crippen LogP contribution in [0.25, 0.3) is 0 Å². The van der Waals surface area contributed by atoms with Crippen molar-refractivity contribution in [3.63, 3.8) is 0 Å². The molecule has 2 N–H and O–H groups in total. The van der Waals surface area contributed by atoms with Gasteiger partial charge in [0.25, 0.3) is 11.8 Å². The van der Waals surface area contributed by atoms with Gasteiger partial charge in [0.2, 0.25) is 0 Å². The van der Waals surface area contributed by atoms with E-state index >= 15 is 0 Å². The van der Waals surface area contributed by atoms with Crippen molar-refractivity contribution in [3.05, 3.63) is 30.3 Å². The minimum Gasteiger partial charge on any atom is -0.320 e. The quantitative estimate of drug-likeness (QED) is 0.625. The van der Waals surface area contributed by atoms with Crippen LogP contribution in [0.2, 0.25) is 0 Å². The van der Waals surface area contributed by atoms with Crippen molar-refractivity contribution in [2.45, 2.75) is 17.4 Å². The number of hydrogen-bond acceptors (Lipinski definition) is 6. The molecule has 1 saturated heterocycles. The summed E-state index contributed by atoms with van der Waals surface area (Å²) < 4.78 is 1.27. The monoisotopic (exact) mass is 339 g/mol. The first-order valence-corrected chi connectivity index (χ1v) is 8.87. The summed E-state index contributed by atoms with van der Waals surface area (Å²) in [6.07, 6.45) is 2.34. The maximum Gasteiger partial charge on any atom is 0.344 e. The molecule has 0 aromatic heterocycles. The lowest BCUT2D eigenvalue weighted by Crippen LogP contribution is -2.47. The van der Waals surface area contributed by atoms with E-state index in [1.54, 1.807) is 11.8 Å². The van der Waals surface area contributed by atoms with Gasteiger partial charge in [-0.1, -0.05) is 18.2 Å². The Balaban J connectivity index is 2.04. The highest BCUT2D eigenvalue weighted by molar-refractivity contribution is 7.98. The molecule has 1 fully saturated rings. The number of carbonyl (C=O) groups excluding carboxylic acids is 3. The van der Waals surface area contributed by atoms with Gasteiger partial charge in [-0.2, -0.15) is 16.7 Å². The first kappa shape index (κ1) is 16.9. The average Bonchev–Trinajstić information content (AvgIpc) is 2.79. The van der Waals surface area contributed by atoms with Crippen LogP contribution in [-0.4, -0.2) is 51.6 Å². The second-order valence-corrected chi connectivity index (χ2v) is 6.76. The zero-order valence-electron chi connectivity index (χ0n) is 12.1. The molecule has 4 amide bonds. The molecule has 0 spiro atoms. The number of nitrogens with two attached hydrogens (primary N) is 1. The number of benzene rings is 1. The first-order valence-electron chi connectivity index (χ1n) is 6.70. The second kappa shape index (κ2) is 7.66. The molecular weight excluding hydrogens is 322 g/mol. The zero-order chi connectivity index (χ0) is 16.1. The number of thioether (sulfide) groups is 1. The molecule has 1 aliphatic heterocycles. The Morgan fingerprint density at radius 2 is 2.00 bits per heavy atom. The van der Waals surface area contributed by atoms with Crippen molar-refractivity contribution in [2.24, 2.45) is 5.73 Å². The fourth-order valence-corrected chi connectivity index (χ4v) is 3.27. The van der Waals surface area contributed by atoms with Crippen LogP contribution >= 0.6 is 23.7 Å². The molecule has 1 unspecified atom stereocenters. The van der Waals surface area contributed by atoms with E-state index in [0.29, 0.717) is 17.1 Å². The van der Waals surface area contributed by atoms with E-state index in [9.17, 15) is 14.4 Å². The van der Waals surface area contributed by atoms with E-state index in [1.165, 1.54) is 4.31 Å². The topological polar surface area (TPSA) is 83.7 Å². The molecule has 0 saturated carbocycles. The van der Waals surface area contributed by atoms with Gasteiger partial charge in [0, 0.05) is 4.90 Å². The molecule has 22 heavy (non-hydrogen) atoms. The van der Waals surface area contributed by atoms with Crippen molar-refractivity contribution >= 4 is 41.6 Å². The molecule has 1 aliphatic rings. The number of amides is 4. The Hall–Kier alpha value is -1.51. The lowest BCUT2D eigenvalue weighted by atomic mass is 10.2. The third-order valence-corrected chi connectivity index (χ3v) is 4.69. The Bertz CT molecular complexity index is 568. The molecule has 0 aliphatic carbocycles. The molecule has 2 rings (SSSR count). The van der Waals surface area contributed by atoms with Crippen LogP contribution < -0.4 is 5.73 Å². The summed E-state index contributed by atoms with van der Waals surface area (Å²) in [5, 5.41) is 0. The number of nitrogens with zero attached hydrogens (tertiary/aromatic N) is 2. The molecular formula is C14H17N3O3S2. The third-order valence-electron chi connectivity index (χ3n) is 3.06. The van der Waals surface area contributed by atoms with E-state index in [1.807, 2.05) is 36.6 Å². The maximum atomic E-state index is 12.3. The summed E-state index contributed by atoms with van der Waals surface area (Å²) in [4.78, 5) is 37.9. The van der Waals surface area contributed by atoms with Gasteiger partial charge in [0.15, 0.2) is 0 Å². The van der Waals surface area contributed by atoms with Crippen molar-refractivity contribution in [2.75, 3.05) is 18.6 Å². The smallest absolute Gasteiger partial charge is 0.320 e. The van der Waals surface area contributed by atoms with Crippen molar-refractivity contribution < 1.29 is 14.4 Å². The molecule has 6 nitrogen and oxygen atoms in total. The summed E-state index contributed by atoms with van der Waals surface area (Å²) >= 11 is 2.70. The molecule has 0 radical (unpaired) electrons. The fraction of sp³-hybridized carbons (Fsp3) is 0.357. The minimum atomic E-state index is -0.831. The number of hydrogen-bond donors (Lipinski definition) is 1. The number of urea groups is 1. The fourth-order valence-electron chi connectivity index (χ4n) is 1.91. The van der Waals surface area contributed by atoms with Crippen LogP contribution in [0.15, 0.2) is 35.2 Å². The van der Waals surface area contributed by atoms with Crippen LogP contribution in [0.1, 0.15) is 6.42 Å². The van der Waals surface area contributed by atoms with E-state index in [4.69, 9.17) is 5.73 Å². The normalized spacial score (nSPS) is 16.3. The third kappa shape index (κ3) is 3.82. The number of rotatable bonds is 6. The summed E-state index contributed by atoms with van der Waals surface area (Å²) in [5.41, 5.74) is 5.77. The minimum absolute atomic E-state index is 0.126. The van der Waals surface area contributed by atoms with Gasteiger partial charge in [0.05, 0.1) is 6.04 Å². The Morgan fingerprint density at radius 1 is 1.32 bits per heavy atom. The lowest BCUT2D eigenvalue weighted by Gasteiger charge is -2.18. The number of imide groups is 3. The number of carbonyl (C=O) groups is 3. The molecule has 1 aromatic carbocycles. The van der Waals surface area contributed by atoms with Crippen LogP contribution in [0.4, 0.5) is 4.79 Å². The van der Waals surface area contributed by atoms with Crippen LogP contribution in [-0.2, 0) is 9.59 Å². The molecule has 118 valence electrons. The van der Waals surface area contributed by atoms with Crippen molar-refractivity contribution in [1.29, 1.82) is 0 Å².